The van der Waals surface area contributed by atoms with Gasteiger partial charge in [-0.05, 0) is 45.8 Å². The molecule has 0 atom stereocenters. The molecule has 1 N–H and O–H groups in total. The summed E-state index contributed by atoms with van der Waals surface area (Å²) in [6, 6.07) is 16.1. The van der Waals surface area contributed by atoms with Crippen molar-refractivity contribution in [3.63, 3.8) is 0 Å². The lowest BCUT2D eigenvalue weighted by atomic mass is 10.2. The molecular weight excluding hydrogens is 398 g/mol. The predicted octanol–water partition coefficient (Wildman–Crippen LogP) is 5.09. The van der Waals surface area contributed by atoms with Crippen molar-refractivity contribution < 1.29 is 4.79 Å². The van der Waals surface area contributed by atoms with Gasteiger partial charge in [0.15, 0.2) is 0 Å². The number of hydrogen-bond acceptors (Lipinski definition) is 4. The minimum atomic E-state index is -0.129. The number of halogens is 1. The highest BCUT2D eigenvalue weighted by atomic mass is 79.9. The second kappa shape index (κ2) is 7.00. The zero-order valence-electron chi connectivity index (χ0n) is 11.2. The lowest BCUT2D eigenvalue weighted by molar-refractivity contribution is -0.115. The molecular formula is C16H10BrNOS3. The Morgan fingerprint density at radius 1 is 1.09 bits per heavy atom. The Bertz CT molecular complexity index is 788. The van der Waals surface area contributed by atoms with E-state index in [2.05, 4.69) is 27.3 Å². The molecule has 1 amide bonds. The van der Waals surface area contributed by atoms with Crippen molar-refractivity contribution in [3.05, 3.63) is 63.5 Å². The number of carbonyl (C=O) groups is 1. The molecule has 3 rings (SSSR count). The van der Waals surface area contributed by atoms with E-state index in [0.29, 0.717) is 9.23 Å². The molecule has 2 aromatic rings. The minimum absolute atomic E-state index is 0.129. The highest BCUT2D eigenvalue weighted by Crippen LogP contribution is 2.37. The summed E-state index contributed by atoms with van der Waals surface area (Å²) in [5.74, 6) is -0.129. The van der Waals surface area contributed by atoms with Gasteiger partial charge in [0, 0.05) is 14.3 Å². The van der Waals surface area contributed by atoms with E-state index in [1.54, 1.807) is 11.8 Å². The van der Waals surface area contributed by atoms with E-state index in [0.717, 1.165) is 19.8 Å². The summed E-state index contributed by atoms with van der Waals surface area (Å²) in [7, 11) is 0. The van der Waals surface area contributed by atoms with Crippen LogP contribution in [0.5, 0.6) is 0 Å². The smallest absolute Gasteiger partial charge is 0.263 e. The molecule has 0 saturated carbocycles. The van der Waals surface area contributed by atoms with Crippen LogP contribution in [-0.4, -0.2) is 10.2 Å². The Kier molecular flexibility index (Phi) is 5.03. The van der Waals surface area contributed by atoms with Crippen molar-refractivity contribution in [1.29, 1.82) is 0 Å². The molecule has 1 saturated heterocycles. The van der Waals surface area contributed by atoms with Crippen LogP contribution in [0.1, 0.15) is 5.56 Å². The van der Waals surface area contributed by atoms with Gasteiger partial charge >= 0.3 is 0 Å². The maximum atomic E-state index is 11.8. The quantitative estimate of drug-likeness (QED) is 0.566. The van der Waals surface area contributed by atoms with Gasteiger partial charge < -0.3 is 5.32 Å². The third-order valence-electron chi connectivity index (χ3n) is 2.90. The molecule has 1 aliphatic heterocycles. The minimum Gasteiger partial charge on any atom is -0.307 e. The summed E-state index contributed by atoms with van der Waals surface area (Å²) in [6.45, 7) is 0. The van der Waals surface area contributed by atoms with E-state index in [1.807, 2.05) is 48.5 Å². The molecule has 0 aliphatic carbocycles. The highest BCUT2D eigenvalue weighted by Gasteiger charge is 2.22. The van der Waals surface area contributed by atoms with Crippen LogP contribution in [0.25, 0.3) is 6.08 Å². The van der Waals surface area contributed by atoms with Crippen LogP contribution in [0.2, 0.25) is 0 Å². The molecule has 110 valence electrons. The van der Waals surface area contributed by atoms with Crippen LogP contribution < -0.4 is 5.32 Å². The van der Waals surface area contributed by atoms with Crippen molar-refractivity contribution >= 4 is 68.0 Å². The van der Waals surface area contributed by atoms with Crippen molar-refractivity contribution in [2.75, 3.05) is 0 Å². The first-order chi connectivity index (χ1) is 10.6. The molecule has 0 aromatic heterocycles. The van der Waals surface area contributed by atoms with Crippen molar-refractivity contribution in [3.8, 4) is 0 Å². The number of thiocarbonyl (C=S) groups is 1. The summed E-state index contributed by atoms with van der Waals surface area (Å²) in [6.07, 6.45) is 1.89. The van der Waals surface area contributed by atoms with Gasteiger partial charge in [0.1, 0.15) is 4.32 Å². The number of rotatable bonds is 3. The average molecular weight is 408 g/mol. The Labute approximate surface area is 150 Å². The highest BCUT2D eigenvalue weighted by molar-refractivity contribution is 9.10. The zero-order valence-corrected chi connectivity index (χ0v) is 15.2. The normalized spacial score (nSPS) is 16.1. The molecule has 1 fully saturated rings. The molecule has 6 heteroatoms. The van der Waals surface area contributed by atoms with Crippen LogP contribution >= 0.6 is 51.7 Å². The Balaban J connectivity index is 1.94. The summed E-state index contributed by atoms with van der Waals surface area (Å²) in [5, 5.41) is 2.64. The first-order valence-electron chi connectivity index (χ1n) is 6.40. The summed E-state index contributed by atoms with van der Waals surface area (Å²) < 4.78 is 1.56. The summed E-state index contributed by atoms with van der Waals surface area (Å²) in [5.41, 5.74) is 1.01. The largest absolute Gasteiger partial charge is 0.307 e. The lowest BCUT2D eigenvalue weighted by Gasteiger charge is -2.07. The van der Waals surface area contributed by atoms with Crippen LogP contribution in [0, 0.1) is 0 Å². The maximum Gasteiger partial charge on any atom is 0.263 e. The van der Waals surface area contributed by atoms with Gasteiger partial charge in [-0.1, -0.05) is 66.1 Å². The molecule has 0 bridgehead atoms. The van der Waals surface area contributed by atoms with Crippen molar-refractivity contribution in [2.24, 2.45) is 0 Å². The van der Waals surface area contributed by atoms with Crippen molar-refractivity contribution in [1.82, 2.24) is 5.32 Å². The van der Waals surface area contributed by atoms with E-state index in [4.69, 9.17) is 12.2 Å². The second-order valence-electron chi connectivity index (χ2n) is 4.42. The fourth-order valence-electron chi connectivity index (χ4n) is 1.90. The van der Waals surface area contributed by atoms with E-state index in [-0.39, 0.29) is 5.91 Å². The summed E-state index contributed by atoms with van der Waals surface area (Å²) >= 11 is 11.5. The maximum absolute atomic E-state index is 11.8. The van der Waals surface area contributed by atoms with Gasteiger partial charge in [-0.2, -0.15) is 0 Å². The molecule has 1 heterocycles. The number of hydrogen-bond donors (Lipinski definition) is 1. The van der Waals surface area contributed by atoms with E-state index < -0.39 is 0 Å². The average Bonchev–Trinajstić information content (AvgIpc) is 2.81. The van der Waals surface area contributed by atoms with Gasteiger partial charge in [0.2, 0.25) is 0 Å². The number of amides is 1. The van der Waals surface area contributed by atoms with E-state index in [9.17, 15) is 4.79 Å². The van der Waals surface area contributed by atoms with Crippen LogP contribution in [0.15, 0.2) is 67.7 Å². The topological polar surface area (TPSA) is 29.1 Å². The van der Waals surface area contributed by atoms with E-state index in [1.165, 1.54) is 11.8 Å². The first-order valence-corrected chi connectivity index (χ1v) is 9.23. The van der Waals surface area contributed by atoms with Gasteiger partial charge in [0.25, 0.3) is 5.91 Å². The molecule has 0 unspecified atom stereocenters. The van der Waals surface area contributed by atoms with Gasteiger partial charge in [-0.3, -0.25) is 4.79 Å². The molecule has 2 nitrogen and oxygen atoms in total. The number of thioether (sulfide) groups is 1. The van der Waals surface area contributed by atoms with Gasteiger partial charge in [0.05, 0.1) is 4.91 Å². The van der Waals surface area contributed by atoms with Crippen LogP contribution in [0.4, 0.5) is 0 Å². The van der Waals surface area contributed by atoms with Crippen LogP contribution in [0.3, 0.4) is 0 Å². The predicted molar refractivity (Wildman–Crippen MR) is 101 cm³/mol. The number of benzene rings is 2. The molecule has 0 spiro atoms. The lowest BCUT2D eigenvalue weighted by Crippen LogP contribution is -2.17. The Morgan fingerprint density at radius 3 is 2.45 bits per heavy atom. The molecule has 1 aliphatic rings. The fourth-order valence-corrected chi connectivity index (χ4v) is 4.40. The van der Waals surface area contributed by atoms with Gasteiger partial charge in [-0.15, -0.1) is 0 Å². The molecule has 22 heavy (non-hydrogen) atoms. The SMILES string of the molecule is O=C1NC(=S)SC1=Cc1ccccc1Sc1ccccc1Br. The molecule has 2 aromatic carbocycles. The first kappa shape index (κ1) is 15.8. The number of nitrogens with one attached hydrogen (secondary N) is 1. The van der Waals surface area contributed by atoms with Crippen LogP contribution in [-0.2, 0) is 4.79 Å². The zero-order chi connectivity index (χ0) is 15.5. The Morgan fingerprint density at radius 2 is 1.77 bits per heavy atom. The third kappa shape index (κ3) is 3.63. The standard InChI is InChI=1S/C16H10BrNOS3/c17-11-6-2-4-8-13(11)21-12-7-3-1-5-10(12)9-14-15(19)18-16(20)22-14/h1-9H,(H,18,19,20). The van der Waals surface area contributed by atoms with Gasteiger partial charge in [-0.25, -0.2) is 0 Å². The van der Waals surface area contributed by atoms with E-state index >= 15 is 0 Å². The fraction of sp³-hybridized carbons (Fsp3) is 0. The monoisotopic (exact) mass is 407 g/mol. The summed E-state index contributed by atoms with van der Waals surface area (Å²) in [4.78, 5) is 14.7. The third-order valence-corrected chi connectivity index (χ3v) is 6.19. The van der Waals surface area contributed by atoms with Crippen molar-refractivity contribution in [2.45, 2.75) is 9.79 Å². The second-order valence-corrected chi connectivity index (χ2v) is 8.08. The molecule has 0 radical (unpaired) electrons. The Hall–Kier alpha value is -1.08. The number of carbonyl (C=O) groups excluding carboxylic acids is 1.